The van der Waals surface area contributed by atoms with Crippen LogP contribution in [0, 0.1) is 0 Å². The molecular weight excluding hydrogens is 472 g/mol. The molecular formula is C38H22O. The Morgan fingerprint density at radius 2 is 0.821 bits per heavy atom. The van der Waals surface area contributed by atoms with Gasteiger partial charge >= 0.3 is 0 Å². The fraction of sp³-hybridized carbons (Fsp3) is 0. The number of benzene rings is 8. The van der Waals surface area contributed by atoms with Crippen molar-refractivity contribution in [1.29, 1.82) is 0 Å². The summed E-state index contributed by atoms with van der Waals surface area (Å²) in [6.07, 6.45) is 0. The zero-order valence-electron chi connectivity index (χ0n) is 21.1. The van der Waals surface area contributed by atoms with Gasteiger partial charge < -0.3 is 4.42 Å². The van der Waals surface area contributed by atoms with E-state index in [9.17, 15) is 0 Å². The minimum absolute atomic E-state index is 0.926. The van der Waals surface area contributed by atoms with Gasteiger partial charge in [0.05, 0.1) is 0 Å². The molecule has 0 bridgehead atoms. The largest absolute Gasteiger partial charge is 0.455 e. The summed E-state index contributed by atoms with van der Waals surface area (Å²) in [7, 11) is 0. The molecule has 0 spiro atoms. The van der Waals surface area contributed by atoms with Gasteiger partial charge in [0.1, 0.15) is 11.2 Å². The zero-order chi connectivity index (χ0) is 25.5. The lowest BCUT2D eigenvalue weighted by Crippen LogP contribution is -1.89. The third kappa shape index (κ3) is 2.79. The van der Waals surface area contributed by atoms with Gasteiger partial charge in [0, 0.05) is 16.3 Å². The van der Waals surface area contributed by atoms with E-state index in [2.05, 4.69) is 127 Å². The van der Waals surface area contributed by atoms with Gasteiger partial charge in [-0.1, -0.05) is 121 Å². The molecule has 0 saturated heterocycles. The van der Waals surface area contributed by atoms with Crippen LogP contribution in [0.15, 0.2) is 138 Å². The van der Waals surface area contributed by atoms with Crippen molar-refractivity contribution in [2.75, 3.05) is 0 Å². The van der Waals surface area contributed by atoms with Crippen molar-refractivity contribution in [3.63, 3.8) is 0 Å². The van der Waals surface area contributed by atoms with Crippen molar-refractivity contribution < 1.29 is 4.42 Å². The van der Waals surface area contributed by atoms with Crippen LogP contribution in [0.5, 0.6) is 0 Å². The van der Waals surface area contributed by atoms with Crippen LogP contribution in [0.25, 0.3) is 86.9 Å². The van der Waals surface area contributed by atoms with Crippen molar-refractivity contribution in [2.24, 2.45) is 0 Å². The van der Waals surface area contributed by atoms with Crippen molar-refractivity contribution in [3.05, 3.63) is 133 Å². The molecule has 1 heteroatoms. The topological polar surface area (TPSA) is 13.1 Å². The minimum Gasteiger partial charge on any atom is -0.455 e. The summed E-state index contributed by atoms with van der Waals surface area (Å²) in [4.78, 5) is 0. The molecule has 9 aromatic rings. The molecule has 0 fully saturated rings. The maximum absolute atomic E-state index is 6.44. The van der Waals surface area contributed by atoms with Crippen LogP contribution in [0.4, 0.5) is 0 Å². The Hall–Kier alpha value is -5.14. The predicted octanol–water partition coefficient (Wildman–Crippen LogP) is 11.0. The minimum atomic E-state index is 0.926. The van der Waals surface area contributed by atoms with Gasteiger partial charge in [-0.2, -0.15) is 0 Å². The molecule has 0 amide bonds. The molecule has 0 aliphatic rings. The lowest BCUT2D eigenvalue weighted by molar-refractivity contribution is 0.670. The fourth-order valence-corrected chi connectivity index (χ4v) is 6.76. The predicted molar refractivity (Wildman–Crippen MR) is 167 cm³/mol. The lowest BCUT2D eigenvalue weighted by Gasteiger charge is -2.17. The third-order valence-electron chi connectivity index (χ3n) is 8.42. The molecule has 0 atom stereocenters. The summed E-state index contributed by atoms with van der Waals surface area (Å²) in [5.41, 5.74) is 4.16. The maximum Gasteiger partial charge on any atom is 0.143 e. The standard InChI is InChI=1S/C38H22O/c1-4-14-30-25(10-1)26-11-2-6-16-32(26)37-34-22-23(20-21-28(34)27-12-3-5-15-31(27)36(30)37)24-17-9-18-33-29-13-7-8-19-35(29)39-38(24)33/h1-22H. The number of para-hydroxylation sites is 2. The van der Waals surface area contributed by atoms with E-state index in [-0.39, 0.29) is 0 Å². The van der Waals surface area contributed by atoms with Crippen LogP contribution in [0.2, 0.25) is 0 Å². The molecule has 180 valence electrons. The second kappa shape index (κ2) is 7.69. The van der Waals surface area contributed by atoms with Crippen molar-refractivity contribution >= 4 is 75.8 Å². The maximum atomic E-state index is 6.44. The highest BCUT2D eigenvalue weighted by atomic mass is 16.3. The van der Waals surface area contributed by atoms with E-state index in [1.807, 2.05) is 6.07 Å². The van der Waals surface area contributed by atoms with Crippen molar-refractivity contribution in [1.82, 2.24) is 0 Å². The monoisotopic (exact) mass is 494 g/mol. The summed E-state index contributed by atoms with van der Waals surface area (Å²) in [6, 6.07) is 48.3. The average molecular weight is 495 g/mol. The van der Waals surface area contributed by atoms with E-state index >= 15 is 0 Å². The third-order valence-corrected chi connectivity index (χ3v) is 8.42. The average Bonchev–Trinajstić information content (AvgIpc) is 3.39. The molecule has 0 aliphatic carbocycles. The quantitative estimate of drug-likeness (QED) is 0.207. The van der Waals surface area contributed by atoms with Gasteiger partial charge in [-0.25, -0.2) is 0 Å². The van der Waals surface area contributed by atoms with E-state index in [1.165, 1.54) is 59.4 Å². The van der Waals surface area contributed by atoms with Gasteiger partial charge in [-0.05, 0) is 71.6 Å². The van der Waals surface area contributed by atoms with E-state index in [4.69, 9.17) is 4.42 Å². The molecule has 0 saturated carbocycles. The molecule has 0 aliphatic heterocycles. The Morgan fingerprint density at radius 3 is 1.46 bits per heavy atom. The van der Waals surface area contributed by atoms with Crippen molar-refractivity contribution in [3.8, 4) is 11.1 Å². The van der Waals surface area contributed by atoms with Crippen LogP contribution in [-0.2, 0) is 0 Å². The van der Waals surface area contributed by atoms with Crippen molar-refractivity contribution in [2.45, 2.75) is 0 Å². The van der Waals surface area contributed by atoms with Gasteiger partial charge in [0.25, 0.3) is 0 Å². The Bertz CT molecular complexity index is 2430. The summed E-state index contributed by atoms with van der Waals surface area (Å²) in [6.45, 7) is 0. The molecule has 0 N–H and O–H groups in total. The summed E-state index contributed by atoms with van der Waals surface area (Å²) in [5.74, 6) is 0. The highest BCUT2D eigenvalue weighted by molar-refractivity contribution is 6.39. The second-order valence-corrected chi connectivity index (χ2v) is 10.4. The molecule has 0 radical (unpaired) electrons. The number of hydrogen-bond donors (Lipinski definition) is 0. The normalized spacial score (nSPS) is 12.1. The second-order valence-electron chi connectivity index (χ2n) is 10.4. The number of rotatable bonds is 1. The summed E-state index contributed by atoms with van der Waals surface area (Å²) in [5, 5.41) is 15.3. The summed E-state index contributed by atoms with van der Waals surface area (Å²) < 4.78 is 6.44. The van der Waals surface area contributed by atoms with Gasteiger partial charge in [0.2, 0.25) is 0 Å². The van der Waals surface area contributed by atoms with E-state index in [0.717, 1.165) is 27.5 Å². The molecule has 39 heavy (non-hydrogen) atoms. The van der Waals surface area contributed by atoms with Crippen LogP contribution in [0.3, 0.4) is 0 Å². The SMILES string of the molecule is c1ccc2c(c1)oc1c(-c3ccc4c5ccccc5c5c6ccccc6c6ccccc6c5c4c3)cccc12. The van der Waals surface area contributed by atoms with Gasteiger partial charge in [0.15, 0.2) is 0 Å². The molecule has 1 aromatic heterocycles. The molecule has 8 aromatic carbocycles. The zero-order valence-corrected chi connectivity index (χ0v) is 21.1. The van der Waals surface area contributed by atoms with Gasteiger partial charge in [-0.3, -0.25) is 0 Å². The Kier molecular flexibility index (Phi) is 4.11. The van der Waals surface area contributed by atoms with E-state index in [0.29, 0.717) is 0 Å². The van der Waals surface area contributed by atoms with Gasteiger partial charge in [-0.15, -0.1) is 0 Å². The van der Waals surface area contributed by atoms with Crippen LogP contribution < -0.4 is 0 Å². The molecule has 9 rings (SSSR count). The number of fused-ring (bicyclic) bond motifs is 14. The highest BCUT2D eigenvalue weighted by Gasteiger charge is 2.17. The fourth-order valence-electron chi connectivity index (χ4n) is 6.76. The van der Waals surface area contributed by atoms with Crippen LogP contribution in [0.1, 0.15) is 0 Å². The molecule has 1 heterocycles. The Morgan fingerprint density at radius 1 is 0.333 bits per heavy atom. The highest BCUT2D eigenvalue weighted by Crippen LogP contribution is 2.45. The smallest absolute Gasteiger partial charge is 0.143 e. The number of furan rings is 1. The Labute approximate surface area is 224 Å². The van der Waals surface area contributed by atoms with Crippen LogP contribution in [-0.4, -0.2) is 0 Å². The first-order valence-corrected chi connectivity index (χ1v) is 13.4. The van der Waals surface area contributed by atoms with E-state index in [1.54, 1.807) is 0 Å². The lowest BCUT2D eigenvalue weighted by atomic mass is 9.86. The first-order valence-electron chi connectivity index (χ1n) is 13.4. The number of hydrogen-bond acceptors (Lipinski definition) is 1. The van der Waals surface area contributed by atoms with Crippen LogP contribution >= 0.6 is 0 Å². The first kappa shape index (κ1) is 20.9. The van der Waals surface area contributed by atoms with E-state index < -0.39 is 0 Å². The first-order chi connectivity index (χ1) is 19.4. The molecule has 0 unspecified atom stereocenters. The summed E-state index contributed by atoms with van der Waals surface area (Å²) >= 11 is 0. The Balaban J connectivity index is 1.50. The molecule has 1 nitrogen and oxygen atoms in total.